The van der Waals surface area contributed by atoms with E-state index in [1.165, 1.54) is 173 Å². The maximum Gasteiger partial charge on any atom is 0.472 e. The third-order valence-electron chi connectivity index (χ3n) is 18.0. The van der Waals surface area contributed by atoms with Crippen LogP contribution in [-0.4, -0.2) is 96.7 Å². The van der Waals surface area contributed by atoms with Crippen LogP contribution in [0.4, 0.5) is 0 Å². The number of rotatable bonds is 72. The number of ether oxygens (including phenoxy) is 4. The fraction of sp³-hybridized carbons (Fsp3) is 0.947. The van der Waals surface area contributed by atoms with E-state index in [0.29, 0.717) is 31.6 Å². The molecule has 0 rings (SSSR count). The molecule has 0 fully saturated rings. The summed E-state index contributed by atoms with van der Waals surface area (Å²) in [6, 6.07) is 0. The molecule has 0 spiro atoms. The Bertz CT molecular complexity index is 1850. The van der Waals surface area contributed by atoms with Gasteiger partial charge in [-0.15, -0.1) is 0 Å². The van der Waals surface area contributed by atoms with Gasteiger partial charge < -0.3 is 33.8 Å². The highest BCUT2D eigenvalue weighted by molar-refractivity contribution is 7.47. The smallest absolute Gasteiger partial charge is 0.462 e. The molecule has 0 saturated heterocycles. The second kappa shape index (κ2) is 64.4. The number of hydrogen-bond donors (Lipinski definition) is 3. The van der Waals surface area contributed by atoms with Crippen molar-refractivity contribution in [3.8, 4) is 0 Å². The number of carbonyl (C=O) groups excluding carboxylic acids is 4. The summed E-state index contributed by atoms with van der Waals surface area (Å²) in [6.45, 7) is 14.2. The Morgan fingerprint density at radius 3 is 0.755 bits per heavy atom. The fourth-order valence-corrected chi connectivity index (χ4v) is 12.9. The molecule has 0 heterocycles. The molecule has 0 aromatic heterocycles. The third-order valence-corrected chi connectivity index (χ3v) is 19.9. The highest BCUT2D eigenvalue weighted by atomic mass is 31.2. The van der Waals surface area contributed by atoms with Crippen molar-refractivity contribution in [2.45, 2.75) is 395 Å². The van der Waals surface area contributed by atoms with E-state index in [9.17, 15) is 43.2 Å². The van der Waals surface area contributed by atoms with Crippen LogP contribution in [0, 0.1) is 23.7 Å². The predicted octanol–water partition coefficient (Wildman–Crippen LogP) is 21.7. The van der Waals surface area contributed by atoms with E-state index in [1.54, 1.807) is 0 Å². The van der Waals surface area contributed by atoms with Crippen molar-refractivity contribution in [1.82, 2.24) is 0 Å². The lowest BCUT2D eigenvalue weighted by Gasteiger charge is -2.21. The van der Waals surface area contributed by atoms with E-state index in [2.05, 4.69) is 55.4 Å². The zero-order chi connectivity index (χ0) is 69.6. The van der Waals surface area contributed by atoms with Gasteiger partial charge in [0.15, 0.2) is 12.2 Å². The summed E-state index contributed by atoms with van der Waals surface area (Å²) >= 11 is 0. The van der Waals surface area contributed by atoms with Gasteiger partial charge >= 0.3 is 39.5 Å². The molecular formula is C75H146O17P2. The molecule has 0 amide bonds. The summed E-state index contributed by atoms with van der Waals surface area (Å²) in [5.74, 6) is 0.980. The number of phosphoric acid groups is 2. The SMILES string of the molecule is CCC(C)CCCCCCCCCCCCC(=O)O[C@H](COC(=O)CCCCCCCCCCCCCCCC(C)C)COP(=O)(O)OCC(O)COP(=O)(O)OC[C@@H](COC(=O)CCCCCCCCCC(C)C)OC(=O)CCCCCCCCCCCCC(C)CC. The molecule has 3 N–H and O–H groups in total. The molecule has 0 bridgehead atoms. The van der Waals surface area contributed by atoms with Crippen molar-refractivity contribution in [3.63, 3.8) is 0 Å². The first-order chi connectivity index (χ1) is 45.2. The number of esters is 4. The standard InChI is InChI=1S/C75H146O17P2/c1-9-67(7)53-45-37-29-21-16-18-24-32-41-49-57-74(79)91-70(61-85-72(77)55-47-39-31-23-15-13-11-12-14-20-27-35-43-51-65(3)4)63-89-93(81,82)87-59-69(76)60-88-94(83,84)90-64-71(62-86-73(78)56-48-40-34-26-28-36-44-52-66(5)6)92-75(80)58-50-42-33-25-19-17-22-30-38-46-54-68(8)10-2/h65-71,76H,9-64H2,1-8H3,(H,81,82)(H,83,84)/t67?,68?,69?,70-,71-/m1/s1. The third kappa shape index (κ3) is 66.0. The van der Waals surface area contributed by atoms with Crippen LogP contribution < -0.4 is 0 Å². The van der Waals surface area contributed by atoms with Crippen molar-refractivity contribution in [2.75, 3.05) is 39.6 Å². The second-order valence-electron chi connectivity index (χ2n) is 28.5. The molecule has 7 atom stereocenters. The van der Waals surface area contributed by atoms with Gasteiger partial charge in [-0.3, -0.25) is 37.3 Å². The topological polar surface area (TPSA) is 237 Å². The Balaban J connectivity index is 5.26. The minimum Gasteiger partial charge on any atom is -0.462 e. The van der Waals surface area contributed by atoms with Crippen molar-refractivity contribution in [2.24, 2.45) is 23.7 Å². The largest absolute Gasteiger partial charge is 0.472 e. The Hall–Kier alpha value is -1.94. The van der Waals surface area contributed by atoms with Crippen molar-refractivity contribution in [1.29, 1.82) is 0 Å². The minimum atomic E-state index is -4.96. The van der Waals surface area contributed by atoms with Crippen LogP contribution in [0.5, 0.6) is 0 Å². The summed E-state index contributed by atoms with van der Waals surface area (Å²) in [7, 11) is -9.91. The first-order valence-corrected chi connectivity index (χ1v) is 41.8. The quantitative estimate of drug-likeness (QED) is 0.0222. The average Bonchev–Trinajstić information content (AvgIpc) is 3.71. The number of carbonyl (C=O) groups is 4. The molecular weight excluding hydrogens is 1230 g/mol. The predicted molar refractivity (Wildman–Crippen MR) is 381 cm³/mol. The van der Waals surface area contributed by atoms with E-state index in [1.807, 2.05) is 0 Å². The fourth-order valence-electron chi connectivity index (χ4n) is 11.3. The van der Waals surface area contributed by atoms with Crippen LogP contribution in [0.2, 0.25) is 0 Å². The molecule has 17 nitrogen and oxygen atoms in total. The van der Waals surface area contributed by atoms with Gasteiger partial charge in [-0.05, 0) is 49.4 Å². The molecule has 0 aliphatic carbocycles. The molecule has 0 aliphatic heterocycles. The number of hydrogen-bond acceptors (Lipinski definition) is 15. The molecule has 19 heteroatoms. The number of unbranched alkanes of at least 4 members (excludes halogenated alkanes) is 36. The minimum absolute atomic E-state index is 0.105. The summed E-state index contributed by atoms with van der Waals surface area (Å²) in [6.07, 6.45) is 48.4. The van der Waals surface area contributed by atoms with Gasteiger partial charge in [0.25, 0.3) is 0 Å². The molecule has 0 saturated carbocycles. The lowest BCUT2D eigenvalue weighted by molar-refractivity contribution is -0.161. The maximum atomic E-state index is 13.1. The summed E-state index contributed by atoms with van der Waals surface area (Å²) in [5, 5.41) is 10.6. The van der Waals surface area contributed by atoms with Crippen LogP contribution in [0.3, 0.4) is 0 Å². The van der Waals surface area contributed by atoms with Crippen molar-refractivity contribution in [3.05, 3.63) is 0 Å². The number of aliphatic hydroxyl groups excluding tert-OH is 1. The molecule has 0 radical (unpaired) electrons. The van der Waals surface area contributed by atoms with Crippen LogP contribution in [0.15, 0.2) is 0 Å². The molecule has 0 aromatic carbocycles. The van der Waals surface area contributed by atoms with Gasteiger partial charge in [-0.2, -0.15) is 0 Å². The summed E-state index contributed by atoms with van der Waals surface area (Å²) in [5.41, 5.74) is 0. The first-order valence-electron chi connectivity index (χ1n) is 38.8. The first kappa shape index (κ1) is 92.1. The Kier molecular flexibility index (Phi) is 63.1. The number of phosphoric ester groups is 2. The summed E-state index contributed by atoms with van der Waals surface area (Å²) in [4.78, 5) is 72.8. The summed E-state index contributed by atoms with van der Waals surface area (Å²) < 4.78 is 68.5. The van der Waals surface area contributed by atoms with E-state index >= 15 is 0 Å². The van der Waals surface area contributed by atoms with Gasteiger partial charge in [0, 0.05) is 25.7 Å². The second-order valence-corrected chi connectivity index (χ2v) is 31.4. The average molecular weight is 1380 g/mol. The van der Waals surface area contributed by atoms with Gasteiger partial charge in [0.05, 0.1) is 26.4 Å². The van der Waals surface area contributed by atoms with E-state index in [-0.39, 0.29) is 25.7 Å². The highest BCUT2D eigenvalue weighted by Crippen LogP contribution is 2.45. The molecule has 558 valence electrons. The maximum absolute atomic E-state index is 13.1. The lowest BCUT2D eigenvalue weighted by atomic mass is 9.99. The number of aliphatic hydroxyl groups is 1. The van der Waals surface area contributed by atoms with Crippen molar-refractivity contribution < 1.29 is 80.2 Å². The van der Waals surface area contributed by atoms with E-state index < -0.39 is 97.5 Å². The normalized spacial score (nSPS) is 14.7. The van der Waals surface area contributed by atoms with E-state index in [0.717, 1.165) is 114 Å². The Morgan fingerprint density at radius 2 is 0.511 bits per heavy atom. The zero-order valence-electron chi connectivity index (χ0n) is 61.6. The zero-order valence-corrected chi connectivity index (χ0v) is 63.4. The molecule has 0 aromatic rings. The van der Waals surface area contributed by atoms with Gasteiger partial charge in [-0.25, -0.2) is 9.13 Å². The molecule has 5 unspecified atom stereocenters. The Labute approximate surface area is 575 Å². The monoisotopic (exact) mass is 1380 g/mol. The van der Waals surface area contributed by atoms with Crippen LogP contribution >= 0.6 is 15.6 Å². The molecule has 0 aliphatic rings. The molecule has 94 heavy (non-hydrogen) atoms. The van der Waals surface area contributed by atoms with Crippen LogP contribution in [-0.2, 0) is 65.4 Å². The van der Waals surface area contributed by atoms with E-state index in [4.69, 9.17) is 37.0 Å². The lowest BCUT2D eigenvalue weighted by Crippen LogP contribution is -2.30. The highest BCUT2D eigenvalue weighted by Gasteiger charge is 2.30. The van der Waals surface area contributed by atoms with Gasteiger partial charge in [0.2, 0.25) is 0 Å². The van der Waals surface area contributed by atoms with Gasteiger partial charge in [0.1, 0.15) is 19.3 Å². The van der Waals surface area contributed by atoms with Crippen molar-refractivity contribution >= 4 is 39.5 Å². The van der Waals surface area contributed by atoms with Gasteiger partial charge in [-0.1, -0.05) is 325 Å². The van der Waals surface area contributed by atoms with Crippen LogP contribution in [0.1, 0.15) is 376 Å². The Morgan fingerprint density at radius 1 is 0.298 bits per heavy atom. The van der Waals surface area contributed by atoms with Crippen LogP contribution in [0.25, 0.3) is 0 Å².